The Bertz CT molecular complexity index is 264. The summed E-state index contributed by atoms with van der Waals surface area (Å²) in [4.78, 5) is 10.9. The number of Topliss-reactive ketones (excluding diaryl/α,β-unsaturated/α-hetero) is 1. The third-order valence-electron chi connectivity index (χ3n) is 1.29. The highest BCUT2D eigenvalue weighted by atomic mass is 16.3. The molecule has 0 aliphatic rings. The Labute approximate surface area is 72.6 Å². The molecular weight excluding hydrogens is 152 g/mol. The van der Waals surface area contributed by atoms with Crippen LogP contribution in [-0.2, 0) is 4.79 Å². The molecule has 2 heteroatoms. The van der Waals surface area contributed by atoms with E-state index in [9.17, 15) is 9.90 Å². The number of carbonyl (C=O) groups excluding carboxylic acids is 1. The molecule has 64 valence electrons. The van der Waals surface area contributed by atoms with Crippen LogP contribution in [-0.4, -0.2) is 10.9 Å². The van der Waals surface area contributed by atoms with Crippen molar-refractivity contribution < 1.29 is 9.90 Å². The van der Waals surface area contributed by atoms with Gasteiger partial charge in [-0.1, -0.05) is 18.1 Å². The molecule has 0 heterocycles. The van der Waals surface area contributed by atoms with Gasteiger partial charge < -0.3 is 5.11 Å². The normalized spacial score (nSPS) is 12.4. The van der Waals surface area contributed by atoms with Crippen LogP contribution in [0.4, 0.5) is 0 Å². The van der Waals surface area contributed by atoms with E-state index in [0.29, 0.717) is 0 Å². The number of rotatable bonds is 3. The second-order valence-electron chi connectivity index (χ2n) is 2.30. The van der Waals surface area contributed by atoms with Crippen molar-refractivity contribution in [2.24, 2.45) is 0 Å². The monoisotopic (exact) mass is 164 g/mol. The number of aliphatic hydroxyl groups excluding tert-OH is 1. The van der Waals surface area contributed by atoms with Crippen LogP contribution in [0.5, 0.6) is 0 Å². The first-order chi connectivity index (χ1) is 5.63. The molecule has 0 aromatic carbocycles. The van der Waals surface area contributed by atoms with Crippen LogP contribution >= 0.6 is 0 Å². The number of hydrogen-bond donors (Lipinski definition) is 1. The van der Waals surface area contributed by atoms with Crippen molar-refractivity contribution in [1.29, 1.82) is 0 Å². The summed E-state index contributed by atoms with van der Waals surface area (Å²) in [7, 11) is 0. The number of terminal acetylenes is 1. The minimum atomic E-state index is -0.180. The van der Waals surface area contributed by atoms with E-state index in [4.69, 9.17) is 6.42 Å². The fourth-order valence-corrected chi connectivity index (χ4v) is 0.775. The second kappa shape index (κ2) is 5.20. The minimum absolute atomic E-state index is 0.0388. The molecule has 0 unspecified atom stereocenters. The molecule has 0 aromatic rings. The Kier molecular flexibility index (Phi) is 4.55. The Balaban J connectivity index is 4.82. The molecule has 0 atom stereocenters. The van der Waals surface area contributed by atoms with Gasteiger partial charge in [0.05, 0.1) is 12.0 Å². The summed E-state index contributed by atoms with van der Waals surface area (Å²) < 4.78 is 0. The van der Waals surface area contributed by atoms with Gasteiger partial charge >= 0.3 is 0 Å². The molecule has 1 N–H and O–H groups in total. The summed E-state index contributed by atoms with van der Waals surface area (Å²) in [6, 6.07) is 0. The molecule has 2 nitrogen and oxygen atoms in total. The highest BCUT2D eigenvalue weighted by Crippen LogP contribution is 2.07. The van der Waals surface area contributed by atoms with E-state index in [1.165, 1.54) is 6.92 Å². The number of hydrogen-bond acceptors (Lipinski definition) is 2. The summed E-state index contributed by atoms with van der Waals surface area (Å²) >= 11 is 0. The van der Waals surface area contributed by atoms with Gasteiger partial charge in [0.1, 0.15) is 5.76 Å². The zero-order valence-corrected chi connectivity index (χ0v) is 7.29. The second-order valence-corrected chi connectivity index (χ2v) is 2.30. The van der Waals surface area contributed by atoms with Crippen molar-refractivity contribution in [3.05, 3.63) is 23.5 Å². The van der Waals surface area contributed by atoms with Crippen molar-refractivity contribution in [3.8, 4) is 12.3 Å². The molecule has 12 heavy (non-hydrogen) atoms. The molecule has 0 aliphatic heterocycles. The zero-order chi connectivity index (χ0) is 9.56. The Hall–Kier alpha value is -1.49. The highest BCUT2D eigenvalue weighted by Gasteiger charge is 2.05. The third kappa shape index (κ3) is 3.07. The predicted molar refractivity (Wildman–Crippen MR) is 48.6 cm³/mol. The van der Waals surface area contributed by atoms with Crippen molar-refractivity contribution in [2.45, 2.75) is 20.3 Å². The molecule has 0 fully saturated rings. The standard InChI is InChI=1S/C10H12O2/c1-4-6-9(8(3)11)10(12)7-5-2/h2,4,6,12H,7H2,1,3H3/b6-4-,10-9-. The molecule has 0 rings (SSSR count). The molecular formula is C10H12O2. The lowest BCUT2D eigenvalue weighted by Gasteiger charge is -1.99. The quantitative estimate of drug-likeness (QED) is 0.300. The van der Waals surface area contributed by atoms with Crippen molar-refractivity contribution >= 4 is 5.78 Å². The lowest BCUT2D eigenvalue weighted by atomic mass is 10.1. The molecule has 0 amide bonds. The molecule has 0 saturated heterocycles. The molecule has 0 aliphatic carbocycles. The lowest BCUT2D eigenvalue weighted by molar-refractivity contribution is -0.113. The van der Waals surface area contributed by atoms with E-state index >= 15 is 0 Å². The molecule has 0 aromatic heterocycles. The van der Waals surface area contributed by atoms with Gasteiger partial charge in [-0.25, -0.2) is 0 Å². The first kappa shape index (κ1) is 10.5. The van der Waals surface area contributed by atoms with E-state index in [1.807, 2.05) is 0 Å². The lowest BCUT2D eigenvalue weighted by Crippen LogP contribution is -1.98. The van der Waals surface area contributed by atoms with Gasteiger partial charge in [-0.2, -0.15) is 0 Å². The summed E-state index contributed by atoms with van der Waals surface area (Å²) in [5.41, 5.74) is 0.287. The van der Waals surface area contributed by atoms with Crippen LogP contribution in [0.3, 0.4) is 0 Å². The number of ketones is 1. The maximum Gasteiger partial charge on any atom is 0.163 e. The molecule has 0 radical (unpaired) electrons. The van der Waals surface area contributed by atoms with Gasteiger partial charge in [-0.05, 0) is 13.8 Å². The van der Waals surface area contributed by atoms with E-state index < -0.39 is 0 Å². The average Bonchev–Trinajstić information content (AvgIpc) is 1.99. The first-order valence-corrected chi connectivity index (χ1v) is 3.62. The average molecular weight is 164 g/mol. The molecule has 0 saturated carbocycles. The van der Waals surface area contributed by atoms with E-state index in [0.717, 1.165) is 0 Å². The van der Waals surface area contributed by atoms with E-state index in [2.05, 4.69) is 5.92 Å². The van der Waals surface area contributed by atoms with Crippen LogP contribution in [0.25, 0.3) is 0 Å². The summed E-state index contributed by atoms with van der Waals surface area (Å²) in [5, 5.41) is 9.28. The van der Waals surface area contributed by atoms with Gasteiger partial charge in [-0.3, -0.25) is 4.79 Å². The Morgan fingerprint density at radius 1 is 1.67 bits per heavy atom. The topological polar surface area (TPSA) is 37.3 Å². The Morgan fingerprint density at radius 2 is 2.25 bits per heavy atom. The smallest absolute Gasteiger partial charge is 0.163 e. The van der Waals surface area contributed by atoms with Crippen molar-refractivity contribution in [3.63, 3.8) is 0 Å². The van der Waals surface area contributed by atoms with Gasteiger partial charge in [0.2, 0.25) is 0 Å². The molecule has 0 spiro atoms. The fraction of sp³-hybridized carbons (Fsp3) is 0.300. The molecule has 0 bridgehead atoms. The van der Waals surface area contributed by atoms with Gasteiger partial charge in [-0.15, -0.1) is 6.42 Å². The van der Waals surface area contributed by atoms with Crippen molar-refractivity contribution in [1.82, 2.24) is 0 Å². The predicted octanol–water partition coefficient (Wildman–Crippen LogP) is 1.99. The maximum atomic E-state index is 10.9. The zero-order valence-electron chi connectivity index (χ0n) is 7.29. The van der Waals surface area contributed by atoms with Gasteiger partial charge in [0.25, 0.3) is 0 Å². The first-order valence-electron chi connectivity index (χ1n) is 3.62. The Morgan fingerprint density at radius 3 is 2.58 bits per heavy atom. The fourth-order valence-electron chi connectivity index (χ4n) is 0.775. The van der Waals surface area contributed by atoms with Crippen molar-refractivity contribution in [2.75, 3.05) is 0 Å². The summed E-state index contributed by atoms with van der Waals surface area (Å²) in [5.74, 6) is 2.05. The summed E-state index contributed by atoms with van der Waals surface area (Å²) in [6.45, 7) is 3.16. The van der Waals surface area contributed by atoms with Gasteiger partial charge in [0, 0.05) is 0 Å². The van der Waals surface area contributed by atoms with E-state index in [1.54, 1.807) is 19.1 Å². The third-order valence-corrected chi connectivity index (χ3v) is 1.29. The SMILES string of the molecule is C#CC/C(O)=C(\C=C/C)C(C)=O. The van der Waals surface area contributed by atoms with E-state index in [-0.39, 0.29) is 23.5 Å². The number of aliphatic hydroxyl groups is 1. The largest absolute Gasteiger partial charge is 0.511 e. The number of carbonyl (C=O) groups is 1. The highest BCUT2D eigenvalue weighted by molar-refractivity contribution is 5.96. The van der Waals surface area contributed by atoms with Gasteiger partial charge in [0.15, 0.2) is 5.78 Å². The van der Waals surface area contributed by atoms with Crippen LogP contribution < -0.4 is 0 Å². The maximum absolute atomic E-state index is 10.9. The summed E-state index contributed by atoms with van der Waals surface area (Å²) in [6.07, 6.45) is 8.32. The minimum Gasteiger partial charge on any atom is -0.511 e. The number of allylic oxidation sites excluding steroid dienone is 4. The van der Waals surface area contributed by atoms with Crippen LogP contribution in [0.15, 0.2) is 23.5 Å². The van der Waals surface area contributed by atoms with Crippen LogP contribution in [0.1, 0.15) is 20.3 Å². The van der Waals surface area contributed by atoms with Crippen LogP contribution in [0, 0.1) is 12.3 Å². The van der Waals surface area contributed by atoms with Crippen LogP contribution in [0.2, 0.25) is 0 Å².